The van der Waals surface area contributed by atoms with E-state index in [2.05, 4.69) is 21.3 Å². The molecule has 0 spiro atoms. The average Bonchev–Trinajstić information content (AvgIpc) is 3.13. The van der Waals surface area contributed by atoms with Crippen LogP contribution in [-0.4, -0.2) is 71.3 Å². The zero-order valence-corrected chi connectivity index (χ0v) is 33.9. The third kappa shape index (κ3) is 19.2. The Labute approximate surface area is 337 Å². The van der Waals surface area contributed by atoms with E-state index in [4.69, 9.17) is 19.9 Å². The third-order valence-electron chi connectivity index (χ3n) is 8.54. The predicted molar refractivity (Wildman–Crippen MR) is 213 cm³/mol. The number of amides is 5. The van der Waals surface area contributed by atoms with Crippen LogP contribution < -0.4 is 31.7 Å². The predicted octanol–water partition coefficient (Wildman–Crippen LogP) is 5.70. The van der Waals surface area contributed by atoms with Gasteiger partial charge in [-0.25, -0.2) is 14.4 Å². The van der Waals surface area contributed by atoms with Gasteiger partial charge in [0.05, 0.1) is 11.0 Å². The highest BCUT2D eigenvalue weighted by Gasteiger charge is 2.31. The van der Waals surface area contributed by atoms with E-state index in [9.17, 15) is 43.7 Å². The number of nitro benzene ring substituents is 1. The fourth-order valence-corrected chi connectivity index (χ4v) is 5.67. The Bertz CT molecular complexity index is 1720. The van der Waals surface area contributed by atoms with Crippen LogP contribution in [0.1, 0.15) is 92.1 Å². The number of primary amides is 1. The van der Waals surface area contributed by atoms with Crippen molar-refractivity contribution in [3.05, 3.63) is 64.2 Å². The summed E-state index contributed by atoms with van der Waals surface area (Å²) in [5, 5.41) is 21.6. The van der Waals surface area contributed by atoms with Crippen LogP contribution in [0.25, 0.3) is 0 Å². The first kappa shape index (κ1) is 48.1. The number of nitrogens with two attached hydrogens (primary N) is 1. The number of ketones is 2. The minimum absolute atomic E-state index is 0.0284. The lowest BCUT2D eigenvalue weighted by atomic mass is 9.88. The van der Waals surface area contributed by atoms with Gasteiger partial charge in [0.1, 0.15) is 23.7 Å². The van der Waals surface area contributed by atoms with Gasteiger partial charge in [-0.3, -0.25) is 24.5 Å². The summed E-state index contributed by atoms with van der Waals surface area (Å²) < 4.78 is 15.4. The van der Waals surface area contributed by atoms with E-state index < -0.39 is 58.5 Å². The summed E-state index contributed by atoms with van der Waals surface area (Å²) >= 11 is 0. The molecule has 0 aliphatic heterocycles. The molecule has 18 heteroatoms. The summed E-state index contributed by atoms with van der Waals surface area (Å²) in [6, 6.07) is 9.55. The van der Waals surface area contributed by atoms with Crippen molar-refractivity contribution in [2.75, 3.05) is 18.4 Å². The Morgan fingerprint density at radius 1 is 0.810 bits per heavy atom. The Morgan fingerprint density at radius 2 is 1.41 bits per heavy atom. The molecule has 2 aromatic carbocycles. The number of hydrogen-bond acceptors (Lipinski definition) is 12. The van der Waals surface area contributed by atoms with Crippen LogP contribution in [0.3, 0.4) is 0 Å². The van der Waals surface area contributed by atoms with Gasteiger partial charge in [-0.1, -0.05) is 32.4 Å². The minimum Gasteiger partial charge on any atom is -0.444 e. The van der Waals surface area contributed by atoms with Crippen LogP contribution in [0.4, 0.5) is 25.8 Å². The highest BCUT2D eigenvalue weighted by molar-refractivity contribution is 5.98. The number of alkyl carbamates (subject to hydrolysis) is 1. The summed E-state index contributed by atoms with van der Waals surface area (Å²) in [7, 11) is 0. The maximum Gasteiger partial charge on any atom is 0.514 e. The maximum atomic E-state index is 13.8. The molecule has 0 aromatic heterocycles. The average molecular weight is 813 g/mol. The summed E-state index contributed by atoms with van der Waals surface area (Å²) in [6.45, 7) is 10.5. The molecule has 3 atom stereocenters. The second-order valence-corrected chi connectivity index (χ2v) is 15.1. The number of unbranched alkanes of at least 4 members (excludes halogenated alkanes) is 1. The molecule has 0 saturated heterocycles. The standard InChI is InChI=1S/C40H56N6O12/c1-25(2)34(45-36(50)28(22-26(3)47)10-7-8-20-43-38(52)58-40(4,5)6)33(48)23-29(11-9-21-42-37(41)51)35(49)44-30-14-12-27(13-15-30)24-56-39(53)57-32-18-16-31(17-19-32)46(54)55/h12-19,25,28-29,34H,7-11,20-24H2,1-6H3,(H,43,52)(H,44,49)(H,45,50)(H3,41,42,51)/t28-,29-,34+/m1/s1. The topological polar surface area (TPSA) is 264 Å². The number of nitrogens with zero attached hydrogens (tertiary/aromatic N) is 1. The quantitative estimate of drug-likeness (QED) is 0.0297. The SMILES string of the molecule is CC(=O)C[C@@H](CCCCNC(=O)OC(C)(C)C)C(=O)N[C@H](C(=O)C[C@@H](CCCNC(N)=O)C(=O)Nc1ccc(COC(=O)Oc2ccc([N+](=O)[O-])cc2)cc1)C(C)C. The number of hydrogen-bond donors (Lipinski definition) is 5. The summed E-state index contributed by atoms with van der Waals surface area (Å²) in [5.41, 5.74) is 5.32. The van der Waals surface area contributed by atoms with E-state index in [1.54, 1.807) is 58.9 Å². The highest BCUT2D eigenvalue weighted by Crippen LogP contribution is 2.22. The Kier molecular flexibility index (Phi) is 19.8. The van der Waals surface area contributed by atoms with Crippen molar-refractivity contribution in [1.82, 2.24) is 16.0 Å². The monoisotopic (exact) mass is 812 g/mol. The molecular formula is C40H56N6O12. The molecule has 0 heterocycles. The van der Waals surface area contributed by atoms with E-state index in [1.807, 2.05) is 0 Å². The van der Waals surface area contributed by atoms with Gasteiger partial charge in [0.25, 0.3) is 5.69 Å². The second-order valence-electron chi connectivity index (χ2n) is 15.1. The summed E-state index contributed by atoms with van der Waals surface area (Å²) in [4.78, 5) is 98.4. The zero-order chi connectivity index (χ0) is 43.4. The van der Waals surface area contributed by atoms with Crippen LogP contribution in [0.2, 0.25) is 0 Å². The molecule has 5 amide bonds. The van der Waals surface area contributed by atoms with Gasteiger partial charge in [-0.2, -0.15) is 0 Å². The molecule has 0 aliphatic rings. The number of non-ortho nitro benzene ring substituents is 1. The number of carbonyl (C=O) groups excluding carboxylic acids is 7. The lowest BCUT2D eigenvalue weighted by Crippen LogP contribution is -2.48. The molecular weight excluding hydrogens is 756 g/mol. The van der Waals surface area contributed by atoms with Crippen molar-refractivity contribution in [3.63, 3.8) is 0 Å². The van der Waals surface area contributed by atoms with Gasteiger partial charge >= 0.3 is 18.3 Å². The van der Waals surface area contributed by atoms with E-state index in [-0.39, 0.29) is 61.3 Å². The molecule has 318 valence electrons. The zero-order valence-electron chi connectivity index (χ0n) is 33.9. The second kappa shape index (κ2) is 23.9. The number of nitrogens with one attached hydrogen (secondary N) is 4. The van der Waals surface area contributed by atoms with Crippen molar-refractivity contribution in [3.8, 4) is 5.75 Å². The molecule has 0 radical (unpaired) electrons. The van der Waals surface area contributed by atoms with Crippen molar-refractivity contribution < 1.29 is 52.7 Å². The molecule has 0 aliphatic carbocycles. The molecule has 0 bridgehead atoms. The van der Waals surface area contributed by atoms with Gasteiger partial charge in [0.15, 0.2) is 5.78 Å². The van der Waals surface area contributed by atoms with Crippen LogP contribution in [0.5, 0.6) is 5.75 Å². The van der Waals surface area contributed by atoms with Gasteiger partial charge in [-0.05, 0) is 89.1 Å². The van der Waals surface area contributed by atoms with Crippen LogP contribution in [-0.2, 0) is 35.3 Å². The summed E-state index contributed by atoms with van der Waals surface area (Å²) in [5.74, 6) is -3.38. The van der Waals surface area contributed by atoms with E-state index in [0.29, 0.717) is 43.5 Å². The smallest absolute Gasteiger partial charge is 0.444 e. The molecule has 0 unspecified atom stereocenters. The number of Topliss-reactive ketones (excluding diaryl/α,β-unsaturated/α-hetero) is 2. The Hall–Kier alpha value is -6.07. The summed E-state index contributed by atoms with van der Waals surface area (Å²) in [6.07, 6.45) is 0.0767. The van der Waals surface area contributed by atoms with Crippen LogP contribution in [0.15, 0.2) is 48.5 Å². The largest absolute Gasteiger partial charge is 0.514 e. The fourth-order valence-electron chi connectivity index (χ4n) is 5.67. The Morgan fingerprint density at radius 3 is 1.98 bits per heavy atom. The van der Waals surface area contributed by atoms with E-state index >= 15 is 0 Å². The normalized spacial score (nSPS) is 12.6. The first-order valence-electron chi connectivity index (χ1n) is 19.1. The van der Waals surface area contributed by atoms with Gasteiger partial charge < -0.3 is 46.0 Å². The van der Waals surface area contributed by atoms with Gasteiger partial charge in [-0.15, -0.1) is 0 Å². The minimum atomic E-state index is -1.03. The molecule has 0 fully saturated rings. The van der Waals surface area contributed by atoms with Crippen LogP contribution >= 0.6 is 0 Å². The molecule has 0 saturated carbocycles. The van der Waals surface area contributed by atoms with Gasteiger partial charge in [0.2, 0.25) is 11.8 Å². The maximum absolute atomic E-state index is 13.8. The molecule has 18 nitrogen and oxygen atoms in total. The first-order chi connectivity index (χ1) is 27.2. The third-order valence-corrected chi connectivity index (χ3v) is 8.54. The van der Waals surface area contributed by atoms with E-state index in [0.717, 1.165) is 0 Å². The first-order valence-corrected chi connectivity index (χ1v) is 19.1. The van der Waals surface area contributed by atoms with Crippen molar-refractivity contribution in [1.29, 1.82) is 0 Å². The van der Waals surface area contributed by atoms with Crippen molar-refractivity contribution in [2.45, 2.75) is 105 Å². The van der Waals surface area contributed by atoms with Crippen molar-refractivity contribution >= 4 is 53.0 Å². The molecule has 58 heavy (non-hydrogen) atoms. The van der Waals surface area contributed by atoms with Gasteiger partial charge in [0, 0.05) is 55.6 Å². The number of anilines is 1. The lowest BCUT2D eigenvalue weighted by Gasteiger charge is -2.26. The molecule has 2 rings (SSSR count). The molecule has 2 aromatic rings. The Balaban J connectivity index is 2.04. The number of carbonyl (C=O) groups is 7. The lowest BCUT2D eigenvalue weighted by molar-refractivity contribution is -0.384. The van der Waals surface area contributed by atoms with Crippen molar-refractivity contribution in [2.24, 2.45) is 23.5 Å². The number of ether oxygens (including phenoxy) is 3. The number of benzene rings is 2. The number of urea groups is 1. The fraction of sp³-hybridized carbons (Fsp3) is 0.525. The highest BCUT2D eigenvalue weighted by atomic mass is 16.7. The molecule has 6 N–H and O–H groups in total. The number of rotatable bonds is 23. The van der Waals surface area contributed by atoms with Crippen LogP contribution in [0, 0.1) is 27.9 Å². The number of nitro groups is 1. The van der Waals surface area contributed by atoms with E-state index in [1.165, 1.54) is 31.2 Å².